The van der Waals surface area contributed by atoms with Gasteiger partial charge < -0.3 is 24.3 Å². The van der Waals surface area contributed by atoms with Crippen molar-refractivity contribution in [3.8, 4) is 11.5 Å². The zero-order valence-corrected chi connectivity index (χ0v) is 23.1. The zero-order valence-electron chi connectivity index (χ0n) is 23.1. The predicted octanol–water partition coefficient (Wildman–Crippen LogP) is 4.69. The molecule has 8 nitrogen and oxygen atoms in total. The monoisotopic (exact) mass is 553 g/mol. The van der Waals surface area contributed by atoms with Gasteiger partial charge in [0.1, 0.15) is 33.8 Å². The second kappa shape index (κ2) is 12.1. The van der Waals surface area contributed by atoms with Crippen LogP contribution in [0.5, 0.6) is 11.5 Å². The lowest BCUT2D eigenvalue weighted by molar-refractivity contribution is 0.480. The van der Waals surface area contributed by atoms with Gasteiger partial charge in [-0.2, -0.15) is 0 Å². The van der Waals surface area contributed by atoms with Gasteiger partial charge in [0.25, 0.3) is 11.1 Å². The fourth-order valence-corrected chi connectivity index (χ4v) is 4.69. The molecule has 1 unspecified atom stereocenters. The van der Waals surface area contributed by atoms with E-state index in [0.717, 1.165) is 24.4 Å². The molecule has 0 radical (unpaired) electrons. The normalized spacial score (nSPS) is 13.2. The summed E-state index contributed by atoms with van der Waals surface area (Å²) in [6.45, 7) is 6.24. The van der Waals surface area contributed by atoms with Crippen LogP contribution < -0.4 is 26.6 Å². The number of aromatic nitrogens is 5. The molecule has 0 aliphatic carbocycles. The van der Waals surface area contributed by atoms with E-state index in [1.54, 1.807) is 36.4 Å². The van der Waals surface area contributed by atoms with Crippen LogP contribution in [0, 0.1) is 5.82 Å². The molecule has 210 valence electrons. The van der Waals surface area contributed by atoms with Crippen LogP contribution in [-0.2, 0) is 0 Å². The van der Waals surface area contributed by atoms with Crippen molar-refractivity contribution in [1.29, 1.82) is 0 Å². The van der Waals surface area contributed by atoms with Gasteiger partial charge >= 0.3 is 0 Å². The molecule has 0 aliphatic rings. The number of hydrogen-bond donors (Lipinski definition) is 3. The van der Waals surface area contributed by atoms with Crippen LogP contribution in [0.15, 0.2) is 82.6 Å². The highest BCUT2D eigenvalue weighted by atomic mass is 19.1. The highest BCUT2D eigenvalue weighted by Gasteiger charge is 2.20. The summed E-state index contributed by atoms with van der Waals surface area (Å²) in [7, 11) is 0. The van der Waals surface area contributed by atoms with Crippen LogP contribution in [0.4, 0.5) is 4.39 Å². The first-order valence-electron chi connectivity index (χ1n) is 13.6. The Balaban J connectivity index is 1.49. The Morgan fingerprint density at radius 2 is 1.59 bits per heavy atom. The smallest absolute Gasteiger partial charge is 0.272 e. The van der Waals surface area contributed by atoms with E-state index in [4.69, 9.17) is 9.72 Å². The average Bonchev–Trinajstić information content (AvgIpc) is 3.63. The van der Waals surface area contributed by atoms with Gasteiger partial charge in [0.2, 0.25) is 0 Å². The quantitative estimate of drug-likeness (QED) is 0.246. The minimum Gasteiger partial charge on any atom is -0.457 e. The van der Waals surface area contributed by atoms with Crippen molar-refractivity contribution in [3.63, 3.8) is 0 Å². The number of H-pyrrole nitrogens is 3. The fraction of sp³-hybridized carbons (Fsp3) is 0.219. The van der Waals surface area contributed by atoms with Crippen LogP contribution in [0.1, 0.15) is 68.3 Å². The van der Waals surface area contributed by atoms with Crippen molar-refractivity contribution in [2.45, 2.75) is 45.6 Å². The van der Waals surface area contributed by atoms with Crippen molar-refractivity contribution in [2.75, 3.05) is 0 Å². The standard InChI is InChI=1S/C32H32FN5O3/c1-4-8-28(38-15-5-6-16-38)30-34-25(29(37-30)20(2)3)19-27-32(40)35-26(31(39)36-27)18-21-9-7-10-24(17-21)41-23-13-11-22(33)12-14-23/h5-7,9-20,28H,4,8H2,1-3H3,(H,34,37)(H,35,40)(H,36,39)/b26-18-,27-19-. The van der Waals surface area contributed by atoms with Crippen molar-refractivity contribution < 1.29 is 9.13 Å². The van der Waals surface area contributed by atoms with Gasteiger partial charge in [0.15, 0.2) is 0 Å². The fourth-order valence-electron chi connectivity index (χ4n) is 4.69. The Bertz CT molecular complexity index is 1870. The summed E-state index contributed by atoms with van der Waals surface area (Å²) in [5.41, 5.74) is 1.27. The minimum atomic E-state index is -0.446. The summed E-state index contributed by atoms with van der Waals surface area (Å²) in [6, 6.07) is 16.7. The van der Waals surface area contributed by atoms with Crippen molar-refractivity contribution in [1.82, 2.24) is 24.5 Å². The number of halogens is 1. The first kappa shape index (κ1) is 27.6. The van der Waals surface area contributed by atoms with Crippen LogP contribution in [0.25, 0.3) is 12.2 Å². The lowest BCUT2D eigenvalue weighted by Crippen LogP contribution is -2.46. The molecular weight excluding hydrogens is 521 g/mol. The van der Waals surface area contributed by atoms with E-state index in [2.05, 4.69) is 40.3 Å². The number of imidazole rings is 1. The number of nitrogens with zero attached hydrogens (tertiary/aromatic N) is 2. The molecule has 1 atom stereocenters. The second-order valence-electron chi connectivity index (χ2n) is 10.2. The Kier molecular flexibility index (Phi) is 8.14. The van der Waals surface area contributed by atoms with Gasteiger partial charge in [-0.1, -0.05) is 39.3 Å². The summed E-state index contributed by atoms with van der Waals surface area (Å²) in [6.07, 6.45) is 9.10. The van der Waals surface area contributed by atoms with E-state index in [9.17, 15) is 14.0 Å². The number of nitrogens with one attached hydrogen (secondary N) is 3. The highest BCUT2D eigenvalue weighted by Crippen LogP contribution is 2.26. The maximum atomic E-state index is 13.2. The number of benzene rings is 2. The first-order valence-corrected chi connectivity index (χ1v) is 13.6. The zero-order chi connectivity index (χ0) is 28.9. The van der Waals surface area contributed by atoms with Crippen molar-refractivity contribution >= 4 is 12.2 Å². The topological polar surface area (TPSA) is 109 Å². The van der Waals surface area contributed by atoms with Gasteiger partial charge in [-0.05, 0) is 78.6 Å². The molecule has 5 rings (SSSR count). The van der Waals surface area contributed by atoms with Crippen LogP contribution in [0.2, 0.25) is 0 Å². The molecular formula is C32H32FN5O3. The second-order valence-corrected chi connectivity index (χ2v) is 10.2. The van der Waals surface area contributed by atoms with Crippen LogP contribution in [-0.4, -0.2) is 24.5 Å². The van der Waals surface area contributed by atoms with Crippen LogP contribution in [0.3, 0.4) is 0 Å². The SMILES string of the molecule is CCCC(c1nc(/C=c2\[nH]c(=O)/c(=C/c3cccc(Oc4ccc(F)cc4)c3)[nH]c2=O)c(C(C)C)[nH]1)n1cccc1. The molecule has 0 saturated carbocycles. The molecule has 9 heteroatoms. The maximum absolute atomic E-state index is 13.2. The molecule has 0 saturated heterocycles. The Morgan fingerprint density at radius 3 is 2.24 bits per heavy atom. The van der Waals surface area contributed by atoms with Gasteiger partial charge in [-0.3, -0.25) is 9.59 Å². The lowest BCUT2D eigenvalue weighted by atomic mass is 10.1. The number of ether oxygens (including phenoxy) is 1. The third-order valence-corrected chi connectivity index (χ3v) is 6.71. The Hall–Kier alpha value is -4.92. The predicted molar refractivity (Wildman–Crippen MR) is 157 cm³/mol. The van der Waals surface area contributed by atoms with E-state index in [1.165, 1.54) is 24.3 Å². The molecule has 0 bridgehead atoms. The molecule has 0 amide bonds. The molecule has 0 spiro atoms. The lowest BCUT2D eigenvalue weighted by Gasteiger charge is -2.16. The summed E-state index contributed by atoms with van der Waals surface area (Å²) < 4.78 is 21.1. The minimum absolute atomic E-state index is 0.0340. The summed E-state index contributed by atoms with van der Waals surface area (Å²) in [5, 5.41) is 0.224. The molecule has 3 N–H and O–H groups in total. The molecule has 41 heavy (non-hydrogen) atoms. The van der Waals surface area contributed by atoms with E-state index in [0.29, 0.717) is 22.8 Å². The molecule has 0 fully saturated rings. The largest absolute Gasteiger partial charge is 0.457 e. The molecule has 3 heterocycles. The van der Waals surface area contributed by atoms with E-state index < -0.39 is 11.1 Å². The van der Waals surface area contributed by atoms with Crippen molar-refractivity contribution in [3.05, 3.63) is 133 Å². The van der Waals surface area contributed by atoms with Gasteiger partial charge in [-0.25, -0.2) is 9.37 Å². The summed E-state index contributed by atoms with van der Waals surface area (Å²) in [5.74, 6) is 1.56. The average molecular weight is 554 g/mol. The molecule has 2 aromatic carbocycles. The van der Waals surface area contributed by atoms with Gasteiger partial charge in [-0.15, -0.1) is 0 Å². The van der Waals surface area contributed by atoms with Crippen molar-refractivity contribution in [2.24, 2.45) is 0 Å². The first-order chi connectivity index (χ1) is 19.8. The number of hydrogen-bond acceptors (Lipinski definition) is 4. The van der Waals surface area contributed by atoms with E-state index in [-0.39, 0.29) is 28.5 Å². The van der Waals surface area contributed by atoms with Crippen LogP contribution >= 0.6 is 0 Å². The third kappa shape index (κ3) is 6.46. The van der Waals surface area contributed by atoms with Gasteiger partial charge in [0, 0.05) is 18.1 Å². The molecule has 0 aliphatic heterocycles. The van der Waals surface area contributed by atoms with E-state index >= 15 is 0 Å². The third-order valence-electron chi connectivity index (χ3n) is 6.71. The molecule has 5 aromatic rings. The molecule has 3 aromatic heterocycles. The Labute approximate surface area is 235 Å². The van der Waals surface area contributed by atoms with Gasteiger partial charge in [0.05, 0.1) is 11.7 Å². The number of rotatable bonds is 9. The summed E-state index contributed by atoms with van der Waals surface area (Å²) >= 11 is 0. The summed E-state index contributed by atoms with van der Waals surface area (Å²) in [4.78, 5) is 39.8. The van der Waals surface area contributed by atoms with E-state index in [1.807, 2.05) is 24.5 Å². The highest BCUT2D eigenvalue weighted by molar-refractivity contribution is 5.52. The Morgan fingerprint density at radius 1 is 0.902 bits per heavy atom. The number of aromatic amines is 3. The maximum Gasteiger partial charge on any atom is 0.272 e.